The number of benzene rings is 1. The standard InChI is InChI=1S/C12H16N2O2/c1-9(13)7-10-3-2-4-11(8-10)14-12(15)5-6-16-14/h2-4,8-9H,5-7,13H2,1H3. The van der Waals surface area contributed by atoms with Crippen molar-refractivity contribution < 1.29 is 9.63 Å². The number of rotatable bonds is 3. The van der Waals surface area contributed by atoms with Crippen molar-refractivity contribution in [3.8, 4) is 0 Å². The first-order chi connectivity index (χ1) is 7.66. The summed E-state index contributed by atoms with van der Waals surface area (Å²) in [6.45, 7) is 2.43. The predicted molar refractivity (Wildman–Crippen MR) is 61.9 cm³/mol. The highest BCUT2D eigenvalue weighted by Gasteiger charge is 2.23. The van der Waals surface area contributed by atoms with Gasteiger partial charge in [0.1, 0.15) is 0 Å². The maximum atomic E-state index is 11.5. The average Bonchev–Trinajstić information content (AvgIpc) is 2.64. The van der Waals surface area contributed by atoms with Gasteiger partial charge in [-0.2, -0.15) is 5.06 Å². The molecule has 16 heavy (non-hydrogen) atoms. The minimum absolute atomic E-state index is 0.0120. The van der Waals surface area contributed by atoms with Crippen LogP contribution in [0.2, 0.25) is 0 Å². The summed E-state index contributed by atoms with van der Waals surface area (Å²) >= 11 is 0. The number of nitrogens with two attached hydrogens (primary N) is 1. The fourth-order valence-corrected chi connectivity index (χ4v) is 1.80. The van der Waals surface area contributed by atoms with E-state index >= 15 is 0 Å². The van der Waals surface area contributed by atoms with E-state index < -0.39 is 0 Å². The van der Waals surface area contributed by atoms with E-state index in [0.717, 1.165) is 17.7 Å². The Balaban J connectivity index is 2.18. The van der Waals surface area contributed by atoms with Crippen molar-refractivity contribution in [3.63, 3.8) is 0 Å². The number of amides is 1. The van der Waals surface area contributed by atoms with E-state index in [9.17, 15) is 4.79 Å². The molecule has 0 radical (unpaired) electrons. The number of nitrogens with zero attached hydrogens (tertiary/aromatic N) is 1. The van der Waals surface area contributed by atoms with Crippen LogP contribution in [0.3, 0.4) is 0 Å². The van der Waals surface area contributed by atoms with Gasteiger partial charge in [-0.05, 0) is 31.0 Å². The van der Waals surface area contributed by atoms with Gasteiger partial charge in [0.25, 0.3) is 5.91 Å². The third-order valence-electron chi connectivity index (χ3n) is 2.47. The zero-order valence-electron chi connectivity index (χ0n) is 9.35. The summed E-state index contributed by atoms with van der Waals surface area (Å²) in [7, 11) is 0. The minimum Gasteiger partial charge on any atom is -0.328 e. The third-order valence-corrected chi connectivity index (χ3v) is 2.47. The SMILES string of the molecule is CC(N)Cc1cccc(N2OCCC2=O)c1. The Morgan fingerprint density at radius 1 is 1.56 bits per heavy atom. The molecule has 1 aromatic carbocycles. The summed E-state index contributed by atoms with van der Waals surface area (Å²) in [6.07, 6.45) is 1.26. The molecule has 1 aliphatic heterocycles. The smallest absolute Gasteiger partial charge is 0.253 e. The van der Waals surface area contributed by atoms with E-state index in [0.29, 0.717) is 13.0 Å². The molecule has 0 aliphatic carbocycles. The van der Waals surface area contributed by atoms with E-state index in [1.165, 1.54) is 5.06 Å². The number of hydroxylamine groups is 1. The number of carbonyl (C=O) groups is 1. The van der Waals surface area contributed by atoms with Crippen molar-refractivity contribution in [2.75, 3.05) is 11.7 Å². The van der Waals surface area contributed by atoms with Crippen LogP contribution in [0.15, 0.2) is 24.3 Å². The molecule has 0 bridgehead atoms. The summed E-state index contributed by atoms with van der Waals surface area (Å²) in [5, 5.41) is 1.37. The monoisotopic (exact) mass is 220 g/mol. The van der Waals surface area contributed by atoms with Gasteiger partial charge in [-0.3, -0.25) is 9.63 Å². The Bertz CT molecular complexity index is 390. The lowest BCUT2D eigenvalue weighted by Crippen LogP contribution is -2.23. The Hall–Kier alpha value is -1.39. The van der Waals surface area contributed by atoms with Gasteiger partial charge in [-0.1, -0.05) is 12.1 Å². The Morgan fingerprint density at radius 3 is 3.00 bits per heavy atom. The second-order valence-corrected chi connectivity index (χ2v) is 4.12. The molecule has 1 saturated heterocycles. The fraction of sp³-hybridized carbons (Fsp3) is 0.417. The minimum atomic E-state index is 0.0120. The van der Waals surface area contributed by atoms with Crippen LogP contribution in [0.4, 0.5) is 5.69 Å². The van der Waals surface area contributed by atoms with E-state index in [1.54, 1.807) is 0 Å². The van der Waals surface area contributed by atoms with Gasteiger partial charge in [-0.15, -0.1) is 0 Å². The second-order valence-electron chi connectivity index (χ2n) is 4.12. The molecule has 86 valence electrons. The average molecular weight is 220 g/mol. The van der Waals surface area contributed by atoms with E-state index in [-0.39, 0.29) is 11.9 Å². The summed E-state index contributed by atoms with van der Waals surface area (Å²) < 4.78 is 0. The first kappa shape index (κ1) is 11.1. The van der Waals surface area contributed by atoms with Crippen LogP contribution in [-0.4, -0.2) is 18.6 Å². The topological polar surface area (TPSA) is 55.6 Å². The van der Waals surface area contributed by atoms with Gasteiger partial charge < -0.3 is 5.73 Å². The van der Waals surface area contributed by atoms with E-state index in [1.807, 2.05) is 31.2 Å². The summed E-state index contributed by atoms with van der Waals surface area (Å²) in [5.74, 6) is 0.0120. The Kier molecular flexibility index (Phi) is 3.22. The number of carbonyl (C=O) groups excluding carboxylic acids is 1. The molecular formula is C12H16N2O2. The second kappa shape index (κ2) is 4.63. The predicted octanol–water partition coefficient (Wildman–Crippen LogP) is 1.24. The van der Waals surface area contributed by atoms with E-state index in [2.05, 4.69) is 0 Å². The van der Waals surface area contributed by atoms with Crippen molar-refractivity contribution in [1.29, 1.82) is 0 Å². The molecule has 0 spiro atoms. The summed E-state index contributed by atoms with van der Waals surface area (Å²) in [4.78, 5) is 16.7. The fourth-order valence-electron chi connectivity index (χ4n) is 1.80. The maximum absolute atomic E-state index is 11.5. The molecule has 2 rings (SSSR count). The van der Waals surface area contributed by atoms with Crippen LogP contribution < -0.4 is 10.8 Å². The van der Waals surface area contributed by atoms with Gasteiger partial charge in [0, 0.05) is 6.04 Å². The van der Waals surface area contributed by atoms with Crippen LogP contribution in [0.5, 0.6) is 0 Å². The normalized spacial score (nSPS) is 17.9. The van der Waals surface area contributed by atoms with Crippen molar-refractivity contribution in [2.24, 2.45) is 5.73 Å². The molecule has 1 atom stereocenters. The lowest BCUT2D eigenvalue weighted by Gasteiger charge is -2.15. The number of hydrogen-bond acceptors (Lipinski definition) is 3. The van der Waals surface area contributed by atoms with Crippen LogP contribution in [-0.2, 0) is 16.1 Å². The van der Waals surface area contributed by atoms with Gasteiger partial charge in [0.2, 0.25) is 0 Å². The van der Waals surface area contributed by atoms with Crippen molar-refractivity contribution in [1.82, 2.24) is 0 Å². The lowest BCUT2D eigenvalue weighted by molar-refractivity contribution is -0.119. The van der Waals surface area contributed by atoms with E-state index in [4.69, 9.17) is 10.6 Å². The quantitative estimate of drug-likeness (QED) is 0.834. The highest BCUT2D eigenvalue weighted by molar-refractivity contribution is 5.92. The molecule has 0 saturated carbocycles. The molecule has 2 N–H and O–H groups in total. The molecule has 1 amide bonds. The Labute approximate surface area is 94.9 Å². The first-order valence-electron chi connectivity index (χ1n) is 5.47. The Morgan fingerprint density at radius 2 is 2.38 bits per heavy atom. The molecule has 1 heterocycles. The molecule has 4 heteroatoms. The van der Waals surface area contributed by atoms with Crippen LogP contribution in [0.1, 0.15) is 18.9 Å². The zero-order chi connectivity index (χ0) is 11.5. The highest BCUT2D eigenvalue weighted by atomic mass is 16.7. The molecule has 0 aromatic heterocycles. The van der Waals surface area contributed by atoms with Crippen molar-refractivity contribution >= 4 is 11.6 Å². The third kappa shape index (κ3) is 2.40. The van der Waals surface area contributed by atoms with Gasteiger partial charge >= 0.3 is 0 Å². The van der Waals surface area contributed by atoms with Crippen molar-refractivity contribution in [2.45, 2.75) is 25.8 Å². The molecule has 1 aliphatic rings. The van der Waals surface area contributed by atoms with Crippen molar-refractivity contribution in [3.05, 3.63) is 29.8 Å². The van der Waals surface area contributed by atoms with Crippen LogP contribution in [0, 0.1) is 0 Å². The molecule has 1 aromatic rings. The molecule has 1 unspecified atom stereocenters. The van der Waals surface area contributed by atoms with Gasteiger partial charge in [0.05, 0.1) is 18.7 Å². The zero-order valence-corrected chi connectivity index (χ0v) is 9.35. The number of anilines is 1. The summed E-state index contributed by atoms with van der Waals surface area (Å²) in [5.41, 5.74) is 7.66. The first-order valence-corrected chi connectivity index (χ1v) is 5.47. The lowest BCUT2D eigenvalue weighted by atomic mass is 10.1. The number of hydrogen-bond donors (Lipinski definition) is 1. The van der Waals surface area contributed by atoms with Crippen LogP contribution >= 0.6 is 0 Å². The largest absolute Gasteiger partial charge is 0.328 e. The highest BCUT2D eigenvalue weighted by Crippen LogP contribution is 2.21. The molecule has 4 nitrogen and oxygen atoms in total. The molecular weight excluding hydrogens is 204 g/mol. The summed E-state index contributed by atoms with van der Waals surface area (Å²) in [6, 6.07) is 7.86. The van der Waals surface area contributed by atoms with Crippen LogP contribution in [0.25, 0.3) is 0 Å². The molecule has 1 fully saturated rings. The van der Waals surface area contributed by atoms with Gasteiger partial charge in [0.15, 0.2) is 0 Å². The maximum Gasteiger partial charge on any atom is 0.253 e. The van der Waals surface area contributed by atoms with Gasteiger partial charge in [-0.25, -0.2) is 0 Å².